The van der Waals surface area contributed by atoms with Gasteiger partial charge in [-0.15, -0.1) is 0 Å². The molecular formula is C23H24F3N5O3S. The average Bonchev–Trinajstić information content (AvgIpc) is 3.28. The molecule has 1 fully saturated rings. The van der Waals surface area contributed by atoms with Gasteiger partial charge in [-0.2, -0.15) is 22.6 Å². The molecule has 2 N–H and O–H groups in total. The Hall–Kier alpha value is -3.12. The highest BCUT2D eigenvalue weighted by Gasteiger charge is 2.51. The molecule has 2 aliphatic rings. The summed E-state index contributed by atoms with van der Waals surface area (Å²) in [5.41, 5.74) is -0.0391. The zero-order valence-electron chi connectivity index (χ0n) is 18.9. The summed E-state index contributed by atoms with van der Waals surface area (Å²) in [4.78, 5) is 17.7. The van der Waals surface area contributed by atoms with Crippen molar-refractivity contribution in [1.82, 2.24) is 19.5 Å². The fourth-order valence-electron chi connectivity index (χ4n) is 5.04. The first-order chi connectivity index (χ1) is 16.4. The van der Waals surface area contributed by atoms with Crippen LogP contribution in [0.3, 0.4) is 0 Å². The second kappa shape index (κ2) is 8.83. The highest BCUT2D eigenvalue weighted by atomic mass is 32.2. The molecule has 0 saturated heterocycles. The van der Waals surface area contributed by atoms with Gasteiger partial charge in [0.25, 0.3) is 10.0 Å². The van der Waals surface area contributed by atoms with E-state index in [1.54, 1.807) is 13.1 Å². The molecule has 0 aliphatic heterocycles. The number of pyridine rings is 1. The van der Waals surface area contributed by atoms with Gasteiger partial charge in [-0.3, -0.25) is 20.3 Å². The van der Waals surface area contributed by atoms with Gasteiger partial charge in [0.05, 0.1) is 22.9 Å². The molecule has 1 saturated carbocycles. The van der Waals surface area contributed by atoms with Crippen molar-refractivity contribution < 1.29 is 26.4 Å². The molecule has 0 aromatic carbocycles. The topological polar surface area (TPSA) is 120 Å². The summed E-state index contributed by atoms with van der Waals surface area (Å²) in [6.07, 6.45) is 1.53. The Labute approximate surface area is 200 Å². The molecule has 0 spiro atoms. The minimum Gasteiger partial charge on any atom is -0.291 e. The number of carbonyl (C=O) groups excluding carboxylic acids is 1. The number of ketones is 1. The molecule has 0 radical (unpaired) electrons. The third-order valence-electron chi connectivity index (χ3n) is 6.76. The van der Waals surface area contributed by atoms with E-state index in [1.165, 1.54) is 4.31 Å². The molecule has 4 rings (SSSR count). The van der Waals surface area contributed by atoms with Crippen LogP contribution in [-0.2, 0) is 22.6 Å². The van der Waals surface area contributed by atoms with Crippen LogP contribution in [0.25, 0.3) is 6.08 Å². The number of carbonyl (C=O) groups is 1. The summed E-state index contributed by atoms with van der Waals surface area (Å²) in [6.45, 7) is 5.13. The molecule has 186 valence electrons. The van der Waals surface area contributed by atoms with E-state index in [2.05, 4.69) is 21.8 Å². The maximum Gasteiger partial charge on any atom is 0.417 e. The first-order valence-electron chi connectivity index (χ1n) is 11.0. The minimum atomic E-state index is -4.59. The molecule has 8 nitrogen and oxygen atoms in total. The van der Waals surface area contributed by atoms with E-state index in [4.69, 9.17) is 5.41 Å². The number of hydrogen-bond donors (Lipinski definition) is 2. The van der Waals surface area contributed by atoms with Crippen molar-refractivity contribution in [2.75, 3.05) is 6.54 Å². The third-order valence-corrected chi connectivity index (χ3v) is 8.65. The zero-order valence-corrected chi connectivity index (χ0v) is 19.7. The van der Waals surface area contributed by atoms with Crippen molar-refractivity contribution in [3.8, 4) is 0 Å². The lowest BCUT2D eigenvalue weighted by atomic mass is 9.60. The van der Waals surface area contributed by atoms with Gasteiger partial charge in [0.2, 0.25) is 0 Å². The van der Waals surface area contributed by atoms with Crippen LogP contribution in [0.15, 0.2) is 42.8 Å². The van der Waals surface area contributed by atoms with Crippen molar-refractivity contribution in [2.24, 2.45) is 5.41 Å². The van der Waals surface area contributed by atoms with Gasteiger partial charge >= 0.3 is 6.18 Å². The Morgan fingerprint density at radius 3 is 2.71 bits per heavy atom. The molecule has 35 heavy (non-hydrogen) atoms. The summed E-state index contributed by atoms with van der Waals surface area (Å²) in [6, 6.07) is 1.28. The molecule has 0 unspecified atom stereocenters. The first-order valence-corrected chi connectivity index (χ1v) is 12.4. The molecule has 0 amide bonds. The van der Waals surface area contributed by atoms with E-state index >= 15 is 0 Å². The van der Waals surface area contributed by atoms with Gasteiger partial charge in [-0.1, -0.05) is 19.1 Å². The number of H-pyrrole nitrogens is 1. The van der Waals surface area contributed by atoms with Gasteiger partial charge in [-0.05, 0) is 55.5 Å². The van der Waals surface area contributed by atoms with E-state index in [0.29, 0.717) is 19.0 Å². The summed E-state index contributed by atoms with van der Waals surface area (Å²) in [7, 11) is -4.12. The second-order valence-electron chi connectivity index (χ2n) is 8.67. The lowest BCUT2D eigenvalue weighted by molar-refractivity contribution is -0.137. The van der Waals surface area contributed by atoms with Gasteiger partial charge in [-0.25, -0.2) is 8.42 Å². The predicted molar refractivity (Wildman–Crippen MR) is 123 cm³/mol. The first kappa shape index (κ1) is 25.0. The average molecular weight is 508 g/mol. The number of Topliss-reactive ketones (excluding diaryl/α,β-unsaturated/α-hetero) is 1. The number of alkyl halides is 3. The smallest absolute Gasteiger partial charge is 0.291 e. The van der Waals surface area contributed by atoms with E-state index in [1.807, 2.05) is 6.08 Å². The van der Waals surface area contributed by atoms with Crippen LogP contribution in [0.5, 0.6) is 0 Å². The van der Waals surface area contributed by atoms with Gasteiger partial charge in [0.15, 0.2) is 10.8 Å². The van der Waals surface area contributed by atoms with E-state index in [9.17, 15) is 26.4 Å². The van der Waals surface area contributed by atoms with Crippen LogP contribution in [0.4, 0.5) is 13.2 Å². The maximum absolute atomic E-state index is 13.9. The fourth-order valence-corrected chi connectivity index (χ4v) is 6.42. The Kier molecular flexibility index (Phi) is 6.30. The Morgan fingerprint density at radius 2 is 2.11 bits per heavy atom. The molecule has 2 heterocycles. The summed E-state index contributed by atoms with van der Waals surface area (Å²) >= 11 is 0. The number of hydrogen-bond acceptors (Lipinski definition) is 6. The number of fused-ring (bicyclic) bond motifs is 2. The molecule has 12 heteroatoms. The fraction of sp³-hybridized carbons (Fsp3) is 0.391. The number of aromatic amines is 1. The number of rotatable bonds is 6. The van der Waals surface area contributed by atoms with Crippen molar-refractivity contribution in [3.63, 3.8) is 0 Å². The van der Waals surface area contributed by atoms with Gasteiger partial charge in [0, 0.05) is 18.8 Å². The number of sulfonamides is 1. The van der Waals surface area contributed by atoms with Crippen LogP contribution < -0.4 is 0 Å². The van der Waals surface area contributed by atoms with E-state index in [0.717, 1.165) is 35.0 Å². The summed E-state index contributed by atoms with van der Waals surface area (Å²) in [5, 5.41) is 14.1. The Balaban J connectivity index is 1.77. The van der Waals surface area contributed by atoms with Crippen LogP contribution in [-0.4, -0.2) is 51.3 Å². The Bertz CT molecular complexity index is 1310. The van der Waals surface area contributed by atoms with Crippen molar-refractivity contribution in [1.29, 1.82) is 5.41 Å². The lowest BCUT2D eigenvalue weighted by Gasteiger charge is -2.46. The highest BCUT2D eigenvalue weighted by molar-refractivity contribution is 8.04. The van der Waals surface area contributed by atoms with E-state index < -0.39 is 44.0 Å². The lowest BCUT2D eigenvalue weighted by Crippen LogP contribution is -2.51. The van der Waals surface area contributed by atoms with Crippen LogP contribution in [0.1, 0.15) is 53.5 Å². The molecule has 2 atom stereocenters. The summed E-state index contributed by atoms with van der Waals surface area (Å²) < 4.78 is 66.2. The van der Waals surface area contributed by atoms with Gasteiger partial charge < -0.3 is 0 Å². The molecule has 2 aromatic heterocycles. The quantitative estimate of drug-likeness (QED) is 0.348. The van der Waals surface area contributed by atoms with Crippen LogP contribution >= 0.6 is 0 Å². The monoisotopic (exact) mass is 507 g/mol. The van der Waals surface area contributed by atoms with Crippen molar-refractivity contribution in [3.05, 3.63) is 65.3 Å². The van der Waals surface area contributed by atoms with Crippen molar-refractivity contribution >= 4 is 26.9 Å². The SMILES string of the molecule is C=CC(=N)S(=O)(=O)N(CC)[C@H]1CCC2=Cc3[nH]ncc3C[C@]2(C(=O)c2ccc(C(F)(F)F)cn2)C1. The number of allylic oxidation sites excluding steroid dienone is 1. The van der Waals surface area contributed by atoms with Gasteiger partial charge in [0.1, 0.15) is 5.69 Å². The largest absolute Gasteiger partial charge is 0.417 e. The molecule has 2 aromatic rings. The molecule has 2 aliphatic carbocycles. The number of nitrogens with zero attached hydrogens (tertiary/aromatic N) is 3. The van der Waals surface area contributed by atoms with E-state index in [-0.39, 0.29) is 25.1 Å². The molecule has 0 bridgehead atoms. The maximum atomic E-state index is 13.9. The number of nitrogens with one attached hydrogen (secondary N) is 2. The standard InChI is InChI=1S/C23H24F3N5O3S/c1-3-20(27)35(33,34)31(4-2)17-7-5-15-9-19-14(12-29-30-19)10-22(15,11-17)21(32)18-8-6-16(13-28-18)23(24,25)26/h3,6,8-9,12-13,17,27H,1,4-5,7,10-11H2,2H3,(H,29,30)/t17-,22-/m0/s1. The number of aromatic nitrogens is 3. The molecular weight excluding hydrogens is 483 g/mol. The van der Waals surface area contributed by atoms with Crippen molar-refractivity contribution in [2.45, 2.75) is 44.8 Å². The summed E-state index contributed by atoms with van der Waals surface area (Å²) in [5.74, 6) is -0.471. The minimum absolute atomic E-state index is 0.0853. The second-order valence-corrected chi connectivity index (χ2v) is 10.5. The zero-order chi connectivity index (χ0) is 25.6. The highest BCUT2D eigenvalue weighted by Crippen LogP contribution is 2.50. The van der Waals surface area contributed by atoms with Crippen LogP contribution in [0.2, 0.25) is 0 Å². The third kappa shape index (κ3) is 4.25. The number of halogens is 3. The predicted octanol–water partition coefficient (Wildman–Crippen LogP) is 4.00. The Morgan fingerprint density at radius 1 is 1.37 bits per heavy atom. The normalized spacial score (nSPS) is 22.2. The van der Waals surface area contributed by atoms with Crippen LogP contribution in [0, 0.1) is 10.8 Å².